The van der Waals surface area contributed by atoms with Crippen molar-refractivity contribution in [2.24, 2.45) is 0 Å². The van der Waals surface area contributed by atoms with Crippen LogP contribution in [0.3, 0.4) is 0 Å². The van der Waals surface area contributed by atoms with Crippen molar-refractivity contribution < 1.29 is 8.83 Å². The van der Waals surface area contributed by atoms with Crippen LogP contribution >= 0.6 is 0 Å². The van der Waals surface area contributed by atoms with Crippen molar-refractivity contribution in [3.05, 3.63) is 290 Å². The first-order chi connectivity index (χ1) is 49.0. The molecule has 0 aliphatic heterocycles. The fourth-order valence-corrected chi connectivity index (χ4v) is 17.1. The van der Waals surface area contributed by atoms with Crippen LogP contribution in [0.15, 0.2) is 288 Å². The topological polar surface area (TPSA) is 36.1 Å². The third-order valence-electron chi connectivity index (χ3n) is 22.1. The van der Waals surface area contributed by atoms with Gasteiger partial charge in [-0.3, -0.25) is 0 Å². The zero-order valence-corrected chi connectivity index (χ0v) is 56.7. The Morgan fingerprint density at radius 1 is 0.242 bits per heavy atom. The van der Waals surface area contributed by atoms with Gasteiger partial charge in [0.15, 0.2) is 0 Å². The number of furan rings is 2. The molecule has 0 spiro atoms. The fraction of sp³-hybridized carbons (Fsp3) is 0.179. The zero-order chi connectivity index (χ0) is 66.0. The molecule has 0 radical (unpaired) electrons. The largest absolute Gasteiger partial charge is 0.456 e. The average Bonchev–Trinajstić information content (AvgIpc) is 1.59. The first kappa shape index (κ1) is 60.5. The highest BCUT2D eigenvalue weighted by molar-refractivity contribution is 6.15. The maximum absolute atomic E-state index is 6.35. The molecule has 0 amide bonds. The lowest BCUT2D eigenvalue weighted by atomic mass is 9.70. The Bertz CT molecular complexity index is 5880. The normalized spacial score (nSPS) is 12.8. The lowest BCUT2D eigenvalue weighted by molar-refractivity contribution is 0.398. The summed E-state index contributed by atoms with van der Waals surface area (Å²) < 4.78 is 17.5. The van der Waals surface area contributed by atoms with Gasteiger partial charge in [-0.2, -0.15) is 0 Å². The molecule has 4 aromatic heterocycles. The van der Waals surface area contributed by atoms with Gasteiger partial charge in [0, 0.05) is 59.9 Å². The lowest BCUT2D eigenvalue weighted by Crippen LogP contribution is -2.25. The predicted molar refractivity (Wildman–Crippen MR) is 419 cm³/mol. The smallest absolute Gasteiger partial charge is 0.135 e. The van der Waals surface area contributed by atoms with Crippen LogP contribution in [0.5, 0.6) is 0 Å². The maximum Gasteiger partial charge on any atom is 0.135 e. The minimum absolute atomic E-state index is 0.0522. The van der Waals surface area contributed by atoms with Crippen molar-refractivity contribution in [1.29, 1.82) is 0 Å². The summed E-state index contributed by atoms with van der Waals surface area (Å²) in [6.07, 6.45) is 17.9. The summed E-state index contributed by atoms with van der Waals surface area (Å²) in [7, 11) is 0. The molecule has 0 N–H and O–H groups in total. The van der Waals surface area contributed by atoms with Crippen LogP contribution < -0.4 is 0 Å². The standard InChI is InChI=1S/C95H80N2O2/c1-3-5-7-9-11-23-53-95(54-24-12-10-8-6-4-2)85-61-71(63-25-15-13-16-26-63)35-45-75(85)76-46-36-72(62-86(76)95)64-33-43-74(44-34-64)97-89-49-38-66(56-81(89)82-58-68(40-50-90(82)97)70-42-52-94-84(60-70)78-30-20-22-32-92(78)99-94)65-37-47-87-79(55-65)80-57-67(39-48-88(80)96(87)73-27-17-14-18-28-73)69-41-51-93-83(59-69)77-29-19-21-31-91(77)98-93/h13-22,25-52,55-62H,3-12,23-24,53-54H2,1-2H3. The second kappa shape index (κ2) is 25.5. The predicted octanol–water partition coefficient (Wildman–Crippen LogP) is 27.8. The van der Waals surface area contributed by atoms with Crippen LogP contribution in [0.25, 0.3) is 166 Å². The summed E-state index contributed by atoms with van der Waals surface area (Å²) in [5.74, 6) is 0. The minimum atomic E-state index is -0.0522. The van der Waals surface area contributed by atoms with Crippen LogP contribution in [-0.4, -0.2) is 9.13 Å². The van der Waals surface area contributed by atoms with E-state index in [0.29, 0.717) is 0 Å². The molecule has 0 bridgehead atoms. The van der Waals surface area contributed by atoms with E-state index in [1.165, 1.54) is 195 Å². The van der Waals surface area contributed by atoms with Crippen molar-refractivity contribution in [3.8, 4) is 78.1 Å². The molecule has 17 aromatic rings. The maximum atomic E-state index is 6.35. The summed E-state index contributed by atoms with van der Waals surface area (Å²) in [6, 6.07) is 105. The first-order valence-corrected chi connectivity index (χ1v) is 36.5. The van der Waals surface area contributed by atoms with Gasteiger partial charge in [-0.1, -0.05) is 249 Å². The Morgan fingerprint density at radius 2 is 0.556 bits per heavy atom. The lowest BCUT2D eigenvalue weighted by Gasteiger charge is -2.33. The average molecular weight is 1280 g/mol. The van der Waals surface area contributed by atoms with E-state index in [-0.39, 0.29) is 5.41 Å². The van der Waals surface area contributed by atoms with Crippen molar-refractivity contribution >= 4 is 87.5 Å². The van der Waals surface area contributed by atoms with Crippen molar-refractivity contribution in [2.75, 3.05) is 0 Å². The molecular formula is C95H80N2O2. The molecular weight excluding hydrogens is 1200 g/mol. The third-order valence-corrected chi connectivity index (χ3v) is 22.1. The van der Waals surface area contributed by atoms with Gasteiger partial charge in [0.05, 0.1) is 22.1 Å². The highest BCUT2D eigenvalue weighted by atomic mass is 16.3. The van der Waals surface area contributed by atoms with Gasteiger partial charge >= 0.3 is 0 Å². The Kier molecular flexibility index (Phi) is 15.6. The molecule has 0 saturated carbocycles. The molecule has 99 heavy (non-hydrogen) atoms. The van der Waals surface area contributed by atoms with Gasteiger partial charge in [-0.15, -0.1) is 0 Å². The number of fused-ring (bicyclic) bond motifs is 15. The Morgan fingerprint density at radius 3 is 0.990 bits per heavy atom. The van der Waals surface area contributed by atoms with Gasteiger partial charge in [0.1, 0.15) is 22.3 Å². The molecule has 0 saturated heterocycles. The second-order valence-electron chi connectivity index (χ2n) is 28.1. The van der Waals surface area contributed by atoms with E-state index >= 15 is 0 Å². The summed E-state index contributed by atoms with van der Waals surface area (Å²) in [6.45, 7) is 4.65. The van der Waals surface area contributed by atoms with Crippen LogP contribution in [0.1, 0.15) is 115 Å². The molecule has 0 unspecified atom stereocenters. The van der Waals surface area contributed by atoms with Crippen molar-refractivity contribution in [1.82, 2.24) is 9.13 Å². The number of unbranched alkanes of at least 4 members (excludes halogenated alkanes) is 10. The fourth-order valence-electron chi connectivity index (χ4n) is 17.1. The summed E-state index contributed by atoms with van der Waals surface area (Å²) in [5.41, 5.74) is 28.6. The van der Waals surface area contributed by atoms with Gasteiger partial charge in [0.2, 0.25) is 0 Å². The van der Waals surface area contributed by atoms with E-state index in [4.69, 9.17) is 8.83 Å². The molecule has 4 heteroatoms. The molecule has 4 heterocycles. The summed E-state index contributed by atoms with van der Waals surface area (Å²) in [4.78, 5) is 0. The molecule has 18 rings (SSSR count). The Labute approximate surface area is 579 Å². The third kappa shape index (κ3) is 10.7. The highest BCUT2D eigenvalue weighted by Gasteiger charge is 2.43. The Balaban J connectivity index is 0.754. The monoisotopic (exact) mass is 1280 g/mol. The van der Waals surface area contributed by atoms with E-state index in [0.717, 1.165) is 66.4 Å². The van der Waals surface area contributed by atoms with Gasteiger partial charge in [-0.05, 0) is 212 Å². The first-order valence-electron chi connectivity index (χ1n) is 36.5. The zero-order valence-electron chi connectivity index (χ0n) is 56.7. The van der Waals surface area contributed by atoms with Crippen molar-refractivity contribution in [2.45, 2.75) is 109 Å². The molecule has 0 fully saturated rings. The van der Waals surface area contributed by atoms with Gasteiger partial charge < -0.3 is 18.0 Å². The SMILES string of the molecule is CCCCCCCCC1(CCCCCCCC)c2cc(-c3ccccc3)ccc2-c2ccc(-c3ccc(-n4c5ccc(-c6ccc7oc8ccccc8c7c6)cc5c5cc(-c6ccc7c(c6)c6cc(-c8ccc9oc%10ccccc%10c9c8)ccc6n7-c6ccccc6)ccc54)cc3)cc21. The molecule has 4 nitrogen and oxygen atoms in total. The van der Waals surface area contributed by atoms with E-state index in [2.05, 4.69) is 290 Å². The number of nitrogens with zero attached hydrogens (tertiary/aromatic N) is 2. The molecule has 1 aliphatic carbocycles. The van der Waals surface area contributed by atoms with E-state index in [9.17, 15) is 0 Å². The van der Waals surface area contributed by atoms with Gasteiger partial charge in [-0.25, -0.2) is 0 Å². The molecule has 0 atom stereocenters. The highest BCUT2D eigenvalue weighted by Crippen LogP contribution is 2.56. The number of hydrogen-bond donors (Lipinski definition) is 0. The quantitative estimate of drug-likeness (QED) is 0.0672. The number of aromatic nitrogens is 2. The van der Waals surface area contributed by atoms with Crippen LogP contribution in [-0.2, 0) is 5.41 Å². The van der Waals surface area contributed by atoms with Crippen LogP contribution in [0, 0.1) is 0 Å². The van der Waals surface area contributed by atoms with Gasteiger partial charge in [0.25, 0.3) is 0 Å². The molecule has 1 aliphatic rings. The van der Waals surface area contributed by atoms with E-state index in [1.54, 1.807) is 5.56 Å². The minimum Gasteiger partial charge on any atom is -0.456 e. The molecule has 482 valence electrons. The number of rotatable bonds is 21. The van der Waals surface area contributed by atoms with Crippen LogP contribution in [0.2, 0.25) is 0 Å². The second-order valence-corrected chi connectivity index (χ2v) is 28.1. The van der Waals surface area contributed by atoms with E-state index in [1.807, 2.05) is 12.1 Å². The number of benzene rings is 13. The summed E-state index contributed by atoms with van der Waals surface area (Å²) in [5, 5.41) is 9.36. The van der Waals surface area contributed by atoms with Crippen molar-refractivity contribution in [3.63, 3.8) is 0 Å². The van der Waals surface area contributed by atoms with E-state index < -0.39 is 0 Å². The molecule has 13 aromatic carbocycles. The number of para-hydroxylation sites is 3. The number of hydrogen-bond acceptors (Lipinski definition) is 2. The Hall–Kier alpha value is -10.9. The van der Waals surface area contributed by atoms with Crippen LogP contribution in [0.4, 0.5) is 0 Å². The summed E-state index contributed by atoms with van der Waals surface area (Å²) >= 11 is 0.